The number of halogens is 1. The lowest BCUT2D eigenvalue weighted by molar-refractivity contribution is 0.197. The third-order valence-electron chi connectivity index (χ3n) is 3.57. The predicted octanol–water partition coefficient (Wildman–Crippen LogP) is 2.31. The largest absolute Gasteiger partial charge is 0.492 e. The van der Waals surface area contributed by atoms with Crippen LogP contribution in [0.15, 0.2) is 24.3 Å². The molecule has 1 saturated heterocycles. The van der Waals surface area contributed by atoms with Gasteiger partial charge in [0.25, 0.3) is 0 Å². The molecule has 1 unspecified atom stereocenters. The number of benzene rings is 1. The number of hydrogen-bond donors (Lipinski definition) is 2. The molecule has 1 aliphatic heterocycles. The van der Waals surface area contributed by atoms with Crippen LogP contribution < -0.4 is 15.4 Å². The monoisotopic (exact) mass is 268 g/mol. The Bertz CT molecular complexity index is 349. The summed E-state index contributed by atoms with van der Waals surface area (Å²) in [6, 6.07) is 7.96. The summed E-state index contributed by atoms with van der Waals surface area (Å²) in [6.07, 6.45) is 2.44. The van der Waals surface area contributed by atoms with Crippen LogP contribution in [0.4, 0.5) is 0 Å². The first-order valence-electron chi connectivity index (χ1n) is 6.56. The van der Waals surface area contributed by atoms with Gasteiger partial charge in [-0.2, -0.15) is 0 Å². The SMILES string of the molecule is CNC(COc1ccc(Cl)cc1)C1CCNCC1. The van der Waals surface area contributed by atoms with Gasteiger partial charge < -0.3 is 15.4 Å². The maximum Gasteiger partial charge on any atom is 0.119 e. The molecule has 1 aromatic rings. The standard InChI is InChI=1S/C14H21ClN2O/c1-16-14(11-6-8-17-9-7-11)10-18-13-4-2-12(15)3-5-13/h2-5,11,14,16-17H,6-10H2,1H3. The molecule has 1 atom stereocenters. The molecular weight excluding hydrogens is 248 g/mol. The van der Waals surface area contributed by atoms with E-state index < -0.39 is 0 Å². The molecule has 0 aromatic heterocycles. The van der Waals surface area contributed by atoms with E-state index in [1.807, 2.05) is 31.3 Å². The van der Waals surface area contributed by atoms with Gasteiger partial charge in [0.1, 0.15) is 12.4 Å². The minimum Gasteiger partial charge on any atom is -0.492 e. The Morgan fingerprint density at radius 1 is 1.33 bits per heavy atom. The van der Waals surface area contributed by atoms with Gasteiger partial charge in [0.2, 0.25) is 0 Å². The summed E-state index contributed by atoms with van der Waals surface area (Å²) < 4.78 is 5.83. The maximum absolute atomic E-state index is 5.85. The van der Waals surface area contributed by atoms with Crippen LogP contribution in [-0.4, -0.2) is 32.8 Å². The van der Waals surface area contributed by atoms with E-state index in [0.717, 1.165) is 23.9 Å². The lowest BCUT2D eigenvalue weighted by atomic mass is 9.91. The molecule has 1 fully saturated rings. The van der Waals surface area contributed by atoms with Crippen molar-refractivity contribution >= 4 is 11.6 Å². The highest BCUT2D eigenvalue weighted by Gasteiger charge is 2.22. The maximum atomic E-state index is 5.85. The Balaban J connectivity index is 1.84. The molecule has 0 amide bonds. The molecule has 3 nitrogen and oxygen atoms in total. The number of ether oxygens (including phenoxy) is 1. The molecule has 0 aliphatic carbocycles. The molecule has 0 saturated carbocycles. The molecule has 1 heterocycles. The summed E-state index contributed by atoms with van der Waals surface area (Å²) >= 11 is 5.85. The van der Waals surface area contributed by atoms with Crippen LogP contribution in [0.2, 0.25) is 5.02 Å². The summed E-state index contributed by atoms with van der Waals surface area (Å²) in [4.78, 5) is 0. The van der Waals surface area contributed by atoms with E-state index in [1.54, 1.807) is 0 Å². The third kappa shape index (κ3) is 3.87. The minimum absolute atomic E-state index is 0.419. The van der Waals surface area contributed by atoms with Crippen molar-refractivity contribution in [1.82, 2.24) is 10.6 Å². The normalized spacial score (nSPS) is 18.6. The highest BCUT2D eigenvalue weighted by Crippen LogP contribution is 2.19. The van der Waals surface area contributed by atoms with Crippen LogP contribution in [0.5, 0.6) is 5.75 Å². The van der Waals surface area contributed by atoms with Crippen molar-refractivity contribution in [1.29, 1.82) is 0 Å². The smallest absolute Gasteiger partial charge is 0.119 e. The highest BCUT2D eigenvalue weighted by molar-refractivity contribution is 6.30. The quantitative estimate of drug-likeness (QED) is 0.860. The van der Waals surface area contributed by atoms with E-state index in [1.165, 1.54) is 12.8 Å². The Morgan fingerprint density at radius 3 is 2.61 bits per heavy atom. The van der Waals surface area contributed by atoms with Crippen LogP contribution in [0.3, 0.4) is 0 Å². The van der Waals surface area contributed by atoms with Gasteiger partial charge in [-0.1, -0.05) is 11.6 Å². The van der Waals surface area contributed by atoms with Crippen molar-refractivity contribution in [3.8, 4) is 5.75 Å². The summed E-state index contributed by atoms with van der Waals surface area (Å²) in [5, 5.41) is 7.51. The van der Waals surface area contributed by atoms with Gasteiger partial charge in [-0.05, 0) is 63.2 Å². The van der Waals surface area contributed by atoms with Crippen molar-refractivity contribution in [3.63, 3.8) is 0 Å². The fourth-order valence-electron chi connectivity index (χ4n) is 2.42. The Morgan fingerprint density at radius 2 is 2.00 bits per heavy atom. The van der Waals surface area contributed by atoms with Crippen molar-refractivity contribution in [2.45, 2.75) is 18.9 Å². The first-order chi connectivity index (χ1) is 8.79. The number of rotatable bonds is 5. The molecule has 1 aromatic carbocycles. The lowest BCUT2D eigenvalue weighted by Crippen LogP contribution is -2.43. The zero-order valence-corrected chi connectivity index (χ0v) is 11.5. The van der Waals surface area contributed by atoms with Gasteiger partial charge in [-0.25, -0.2) is 0 Å². The Hall–Kier alpha value is -0.770. The Labute approximate surface area is 114 Å². The van der Waals surface area contributed by atoms with Crippen molar-refractivity contribution in [2.75, 3.05) is 26.7 Å². The van der Waals surface area contributed by atoms with Gasteiger partial charge >= 0.3 is 0 Å². The summed E-state index contributed by atoms with van der Waals surface area (Å²) in [5.74, 6) is 1.58. The molecule has 1 aliphatic rings. The first kappa shape index (κ1) is 13.7. The summed E-state index contributed by atoms with van der Waals surface area (Å²) in [6.45, 7) is 2.94. The van der Waals surface area contributed by atoms with E-state index in [0.29, 0.717) is 18.6 Å². The van der Waals surface area contributed by atoms with E-state index in [2.05, 4.69) is 10.6 Å². The van der Waals surface area contributed by atoms with Crippen LogP contribution >= 0.6 is 11.6 Å². The molecule has 2 N–H and O–H groups in total. The van der Waals surface area contributed by atoms with Crippen LogP contribution in [-0.2, 0) is 0 Å². The van der Waals surface area contributed by atoms with Gasteiger partial charge in [-0.3, -0.25) is 0 Å². The third-order valence-corrected chi connectivity index (χ3v) is 3.82. The zero-order chi connectivity index (χ0) is 12.8. The fraction of sp³-hybridized carbons (Fsp3) is 0.571. The number of nitrogens with one attached hydrogen (secondary N) is 2. The van der Waals surface area contributed by atoms with Gasteiger partial charge in [0, 0.05) is 11.1 Å². The van der Waals surface area contributed by atoms with Crippen LogP contribution in [0.25, 0.3) is 0 Å². The second-order valence-corrected chi connectivity index (χ2v) is 5.18. The molecule has 2 rings (SSSR count). The number of piperidine rings is 1. The van der Waals surface area contributed by atoms with Gasteiger partial charge in [0.15, 0.2) is 0 Å². The van der Waals surface area contributed by atoms with E-state index in [4.69, 9.17) is 16.3 Å². The second-order valence-electron chi connectivity index (χ2n) is 4.75. The van der Waals surface area contributed by atoms with Gasteiger partial charge in [-0.15, -0.1) is 0 Å². The molecule has 0 bridgehead atoms. The topological polar surface area (TPSA) is 33.3 Å². The van der Waals surface area contributed by atoms with Crippen LogP contribution in [0, 0.1) is 5.92 Å². The summed E-state index contributed by atoms with van der Waals surface area (Å²) in [7, 11) is 2.01. The second kappa shape index (κ2) is 6.98. The predicted molar refractivity (Wildman–Crippen MR) is 75.4 cm³/mol. The fourth-order valence-corrected chi connectivity index (χ4v) is 2.54. The molecule has 0 spiro atoms. The van der Waals surface area contributed by atoms with Gasteiger partial charge in [0.05, 0.1) is 0 Å². The van der Waals surface area contributed by atoms with Crippen molar-refractivity contribution in [3.05, 3.63) is 29.3 Å². The molecule has 100 valence electrons. The number of hydrogen-bond acceptors (Lipinski definition) is 3. The average molecular weight is 269 g/mol. The summed E-state index contributed by atoms with van der Waals surface area (Å²) in [5.41, 5.74) is 0. The van der Waals surface area contributed by atoms with E-state index in [9.17, 15) is 0 Å². The molecular formula is C14H21ClN2O. The van der Waals surface area contributed by atoms with E-state index >= 15 is 0 Å². The molecule has 0 radical (unpaired) electrons. The van der Waals surface area contributed by atoms with E-state index in [-0.39, 0.29) is 0 Å². The molecule has 18 heavy (non-hydrogen) atoms. The van der Waals surface area contributed by atoms with Crippen molar-refractivity contribution < 1.29 is 4.74 Å². The number of likely N-dealkylation sites (N-methyl/N-ethyl adjacent to an activating group) is 1. The average Bonchev–Trinajstić information content (AvgIpc) is 2.43. The lowest BCUT2D eigenvalue weighted by Gasteiger charge is -2.30. The Kier molecular flexibility index (Phi) is 5.29. The van der Waals surface area contributed by atoms with Crippen molar-refractivity contribution in [2.24, 2.45) is 5.92 Å². The highest BCUT2D eigenvalue weighted by atomic mass is 35.5. The minimum atomic E-state index is 0.419. The van der Waals surface area contributed by atoms with Crippen LogP contribution in [0.1, 0.15) is 12.8 Å². The first-order valence-corrected chi connectivity index (χ1v) is 6.93. The molecule has 4 heteroatoms. The zero-order valence-electron chi connectivity index (χ0n) is 10.8.